The van der Waals surface area contributed by atoms with Gasteiger partial charge in [-0.1, -0.05) is 11.8 Å². The number of furan rings is 1. The lowest BCUT2D eigenvalue weighted by Crippen LogP contribution is -2.31. The van der Waals surface area contributed by atoms with Crippen LogP contribution in [0.5, 0.6) is 0 Å². The molecule has 1 amide bonds. The van der Waals surface area contributed by atoms with Gasteiger partial charge >= 0.3 is 0 Å². The minimum Gasteiger partial charge on any atom is -0.467 e. The van der Waals surface area contributed by atoms with Crippen LogP contribution >= 0.6 is 11.8 Å². The molecule has 0 N–H and O–H groups in total. The summed E-state index contributed by atoms with van der Waals surface area (Å²) >= 11 is 1.39. The molecule has 136 valence electrons. The zero-order valence-electron chi connectivity index (χ0n) is 14.8. The summed E-state index contributed by atoms with van der Waals surface area (Å²) in [5.74, 6) is 1.95. The quantitative estimate of drug-likeness (QED) is 0.567. The van der Waals surface area contributed by atoms with Crippen LogP contribution in [0.1, 0.15) is 19.6 Å². The standard InChI is InChI=1S/C18H21N5O2S/c1-3-22(4-2)16(24)13-26-18-21-20-17(14-7-9-19-10-8-14)23(18)12-15-6-5-11-25-15/h5-11H,3-4,12-13H2,1-2H3. The fraction of sp³-hybridized carbons (Fsp3) is 0.333. The Morgan fingerprint density at radius 3 is 2.62 bits per heavy atom. The van der Waals surface area contributed by atoms with Crippen molar-refractivity contribution in [3.63, 3.8) is 0 Å². The predicted octanol–water partition coefficient (Wildman–Crippen LogP) is 2.94. The van der Waals surface area contributed by atoms with Crippen LogP contribution in [0.15, 0.2) is 52.5 Å². The number of hydrogen-bond acceptors (Lipinski definition) is 6. The van der Waals surface area contributed by atoms with E-state index in [0.29, 0.717) is 30.5 Å². The molecular weight excluding hydrogens is 350 g/mol. The van der Waals surface area contributed by atoms with Crippen molar-refractivity contribution >= 4 is 17.7 Å². The Morgan fingerprint density at radius 2 is 1.96 bits per heavy atom. The van der Waals surface area contributed by atoms with E-state index in [9.17, 15) is 4.79 Å². The number of rotatable bonds is 8. The third kappa shape index (κ3) is 4.13. The Labute approximate surface area is 156 Å². The second-order valence-electron chi connectivity index (χ2n) is 5.56. The van der Waals surface area contributed by atoms with Crippen LogP contribution in [0, 0.1) is 0 Å². The number of nitrogens with zero attached hydrogens (tertiary/aromatic N) is 5. The number of pyridine rings is 1. The van der Waals surface area contributed by atoms with E-state index in [1.807, 2.05) is 47.6 Å². The first-order valence-corrected chi connectivity index (χ1v) is 9.48. The third-order valence-electron chi connectivity index (χ3n) is 3.99. The van der Waals surface area contributed by atoms with Crippen molar-refractivity contribution in [1.82, 2.24) is 24.6 Å². The Morgan fingerprint density at radius 1 is 1.19 bits per heavy atom. The maximum absolute atomic E-state index is 12.3. The van der Waals surface area contributed by atoms with Gasteiger partial charge in [0, 0.05) is 31.0 Å². The number of thioether (sulfide) groups is 1. The highest BCUT2D eigenvalue weighted by Crippen LogP contribution is 2.25. The third-order valence-corrected chi connectivity index (χ3v) is 4.94. The van der Waals surface area contributed by atoms with Gasteiger partial charge in [0.05, 0.1) is 18.6 Å². The normalized spacial score (nSPS) is 10.8. The van der Waals surface area contributed by atoms with Crippen LogP contribution in [-0.2, 0) is 11.3 Å². The second-order valence-corrected chi connectivity index (χ2v) is 6.50. The Bertz CT molecular complexity index is 829. The molecule has 0 bridgehead atoms. The average Bonchev–Trinajstić information content (AvgIpc) is 3.32. The molecule has 0 unspecified atom stereocenters. The molecule has 0 atom stereocenters. The van der Waals surface area contributed by atoms with E-state index in [2.05, 4.69) is 15.2 Å². The summed E-state index contributed by atoms with van der Waals surface area (Å²) in [5, 5.41) is 9.32. The zero-order valence-corrected chi connectivity index (χ0v) is 15.6. The molecule has 3 aromatic heterocycles. The molecule has 3 aromatic rings. The molecule has 0 aliphatic carbocycles. The van der Waals surface area contributed by atoms with Gasteiger partial charge in [-0.3, -0.25) is 14.3 Å². The lowest BCUT2D eigenvalue weighted by atomic mass is 10.2. The largest absolute Gasteiger partial charge is 0.467 e. The van der Waals surface area contributed by atoms with E-state index >= 15 is 0 Å². The molecule has 0 fully saturated rings. The highest BCUT2D eigenvalue weighted by Gasteiger charge is 2.18. The molecule has 0 aliphatic heterocycles. The fourth-order valence-corrected chi connectivity index (χ4v) is 3.45. The van der Waals surface area contributed by atoms with Crippen molar-refractivity contribution in [1.29, 1.82) is 0 Å². The first-order valence-electron chi connectivity index (χ1n) is 8.49. The van der Waals surface area contributed by atoms with Crippen molar-refractivity contribution < 1.29 is 9.21 Å². The van der Waals surface area contributed by atoms with E-state index in [1.165, 1.54) is 11.8 Å². The fourth-order valence-electron chi connectivity index (χ4n) is 2.60. The van der Waals surface area contributed by atoms with Crippen LogP contribution in [0.25, 0.3) is 11.4 Å². The molecule has 8 heteroatoms. The Kier molecular flexibility index (Phi) is 6.06. The SMILES string of the molecule is CCN(CC)C(=O)CSc1nnc(-c2ccncc2)n1Cc1ccco1. The molecule has 0 aliphatic rings. The second kappa shape index (κ2) is 8.66. The number of amides is 1. The summed E-state index contributed by atoms with van der Waals surface area (Å²) in [6, 6.07) is 7.53. The monoisotopic (exact) mass is 371 g/mol. The lowest BCUT2D eigenvalue weighted by molar-refractivity contribution is -0.127. The summed E-state index contributed by atoms with van der Waals surface area (Å²) in [6.45, 7) is 5.87. The topological polar surface area (TPSA) is 77.1 Å². The summed E-state index contributed by atoms with van der Waals surface area (Å²) < 4.78 is 7.44. The van der Waals surface area contributed by atoms with Crippen LogP contribution in [-0.4, -0.2) is 49.4 Å². The van der Waals surface area contributed by atoms with Crippen molar-refractivity contribution in [2.75, 3.05) is 18.8 Å². The van der Waals surface area contributed by atoms with Gasteiger partial charge in [0.2, 0.25) is 5.91 Å². The molecule has 0 radical (unpaired) electrons. The van der Waals surface area contributed by atoms with Crippen LogP contribution < -0.4 is 0 Å². The molecule has 0 saturated heterocycles. The average molecular weight is 371 g/mol. The highest BCUT2D eigenvalue weighted by atomic mass is 32.2. The number of aromatic nitrogens is 4. The molecule has 0 aromatic carbocycles. The first-order chi connectivity index (χ1) is 12.7. The zero-order chi connectivity index (χ0) is 18.4. The van der Waals surface area contributed by atoms with Crippen molar-refractivity contribution in [3.8, 4) is 11.4 Å². The number of carbonyl (C=O) groups is 1. The molecule has 3 rings (SSSR count). The van der Waals surface area contributed by atoms with Gasteiger partial charge in [-0.15, -0.1) is 10.2 Å². The van der Waals surface area contributed by atoms with E-state index in [1.54, 1.807) is 18.7 Å². The van der Waals surface area contributed by atoms with Gasteiger partial charge in [0.15, 0.2) is 11.0 Å². The molecule has 7 nitrogen and oxygen atoms in total. The van der Waals surface area contributed by atoms with Crippen LogP contribution in [0.2, 0.25) is 0 Å². The van der Waals surface area contributed by atoms with Gasteiger partial charge < -0.3 is 9.32 Å². The molecule has 0 saturated carbocycles. The van der Waals surface area contributed by atoms with E-state index in [0.717, 1.165) is 17.1 Å². The Balaban J connectivity index is 1.85. The first kappa shape index (κ1) is 18.2. The van der Waals surface area contributed by atoms with Crippen LogP contribution in [0.4, 0.5) is 0 Å². The highest BCUT2D eigenvalue weighted by molar-refractivity contribution is 7.99. The number of carbonyl (C=O) groups excluding carboxylic acids is 1. The molecule has 26 heavy (non-hydrogen) atoms. The maximum atomic E-state index is 12.3. The van der Waals surface area contributed by atoms with E-state index in [4.69, 9.17) is 4.42 Å². The van der Waals surface area contributed by atoms with Crippen LogP contribution in [0.3, 0.4) is 0 Å². The van der Waals surface area contributed by atoms with Crippen molar-refractivity contribution in [3.05, 3.63) is 48.7 Å². The van der Waals surface area contributed by atoms with Gasteiger partial charge in [-0.05, 0) is 38.1 Å². The lowest BCUT2D eigenvalue weighted by Gasteiger charge is -2.18. The Hall–Kier alpha value is -2.61. The summed E-state index contributed by atoms with van der Waals surface area (Å²) in [5.41, 5.74) is 0.918. The van der Waals surface area contributed by atoms with E-state index in [-0.39, 0.29) is 5.91 Å². The van der Waals surface area contributed by atoms with Crippen molar-refractivity contribution in [2.45, 2.75) is 25.5 Å². The summed E-state index contributed by atoms with van der Waals surface area (Å²) in [4.78, 5) is 18.2. The predicted molar refractivity (Wildman–Crippen MR) is 99.7 cm³/mol. The van der Waals surface area contributed by atoms with E-state index < -0.39 is 0 Å². The minimum absolute atomic E-state index is 0.0954. The maximum Gasteiger partial charge on any atom is 0.233 e. The van der Waals surface area contributed by atoms with Gasteiger partial charge in [-0.2, -0.15) is 0 Å². The molecule has 0 spiro atoms. The summed E-state index contributed by atoms with van der Waals surface area (Å²) in [7, 11) is 0. The minimum atomic E-state index is 0.0954. The van der Waals surface area contributed by atoms with Gasteiger partial charge in [-0.25, -0.2) is 0 Å². The molecule has 3 heterocycles. The smallest absolute Gasteiger partial charge is 0.233 e. The van der Waals surface area contributed by atoms with Gasteiger partial charge in [0.25, 0.3) is 0 Å². The molecular formula is C18H21N5O2S. The van der Waals surface area contributed by atoms with Gasteiger partial charge in [0.1, 0.15) is 5.76 Å². The number of hydrogen-bond donors (Lipinski definition) is 0. The van der Waals surface area contributed by atoms with Crippen molar-refractivity contribution in [2.24, 2.45) is 0 Å². The summed E-state index contributed by atoms with van der Waals surface area (Å²) in [6.07, 6.45) is 5.08.